The number of nitrogens with one attached hydrogen (secondary N) is 1. The molecular formula is C17H16N2OS2. The normalized spacial score (nSPS) is 10.9. The van der Waals surface area contributed by atoms with Crippen molar-refractivity contribution in [3.05, 3.63) is 53.1 Å². The highest BCUT2D eigenvalue weighted by atomic mass is 32.2. The monoisotopic (exact) mass is 328 g/mol. The minimum Gasteiger partial charge on any atom is -0.298 e. The van der Waals surface area contributed by atoms with Gasteiger partial charge in [-0.3, -0.25) is 10.1 Å². The van der Waals surface area contributed by atoms with Gasteiger partial charge >= 0.3 is 0 Å². The van der Waals surface area contributed by atoms with Crippen molar-refractivity contribution in [3.63, 3.8) is 0 Å². The molecule has 0 atom stereocenters. The predicted octanol–water partition coefficient (Wildman–Crippen LogP) is 4.89. The van der Waals surface area contributed by atoms with Crippen molar-refractivity contribution in [2.75, 3.05) is 11.6 Å². The van der Waals surface area contributed by atoms with Gasteiger partial charge in [0.15, 0.2) is 5.13 Å². The molecule has 1 amide bonds. The Bertz CT molecular complexity index is 855. The molecule has 3 rings (SSSR count). The third kappa shape index (κ3) is 2.87. The van der Waals surface area contributed by atoms with Crippen LogP contribution in [0.5, 0.6) is 0 Å². The van der Waals surface area contributed by atoms with E-state index in [1.165, 1.54) is 22.5 Å². The summed E-state index contributed by atoms with van der Waals surface area (Å²) in [6, 6.07) is 11.8. The summed E-state index contributed by atoms with van der Waals surface area (Å²) in [7, 11) is 0. The van der Waals surface area contributed by atoms with E-state index in [0.29, 0.717) is 10.7 Å². The van der Waals surface area contributed by atoms with E-state index >= 15 is 0 Å². The lowest BCUT2D eigenvalue weighted by atomic mass is 10.1. The first-order chi connectivity index (χ1) is 10.6. The Balaban J connectivity index is 1.93. The Hall–Kier alpha value is -1.85. The van der Waals surface area contributed by atoms with Gasteiger partial charge in [0, 0.05) is 4.90 Å². The Kier molecular flexibility index (Phi) is 4.18. The van der Waals surface area contributed by atoms with Crippen LogP contribution in [0.25, 0.3) is 10.2 Å². The van der Waals surface area contributed by atoms with Crippen LogP contribution in [0, 0.1) is 13.8 Å². The van der Waals surface area contributed by atoms with Crippen LogP contribution in [-0.2, 0) is 0 Å². The highest BCUT2D eigenvalue weighted by molar-refractivity contribution is 7.98. The van der Waals surface area contributed by atoms with Crippen LogP contribution >= 0.6 is 23.1 Å². The lowest BCUT2D eigenvalue weighted by molar-refractivity contribution is 0.102. The van der Waals surface area contributed by atoms with E-state index in [2.05, 4.69) is 30.2 Å². The van der Waals surface area contributed by atoms with Crippen molar-refractivity contribution in [2.45, 2.75) is 18.7 Å². The van der Waals surface area contributed by atoms with Gasteiger partial charge in [-0.05, 0) is 49.4 Å². The fraction of sp³-hybridized carbons (Fsp3) is 0.176. The van der Waals surface area contributed by atoms with Crippen LogP contribution < -0.4 is 5.32 Å². The molecule has 0 unspecified atom stereocenters. The Morgan fingerprint density at radius 1 is 1.23 bits per heavy atom. The minimum absolute atomic E-state index is 0.113. The summed E-state index contributed by atoms with van der Waals surface area (Å²) in [6.45, 7) is 4.13. The number of hydrogen-bond donors (Lipinski definition) is 1. The molecule has 3 nitrogen and oxygen atoms in total. The van der Waals surface area contributed by atoms with Crippen LogP contribution in [0.3, 0.4) is 0 Å². The number of aromatic nitrogens is 1. The second kappa shape index (κ2) is 6.10. The average Bonchev–Trinajstić information content (AvgIpc) is 2.89. The second-order valence-corrected chi connectivity index (χ2v) is 6.95. The van der Waals surface area contributed by atoms with Crippen LogP contribution in [-0.4, -0.2) is 17.1 Å². The first-order valence-corrected chi connectivity index (χ1v) is 8.95. The molecule has 1 heterocycles. The van der Waals surface area contributed by atoms with Crippen molar-refractivity contribution in [1.29, 1.82) is 0 Å². The Morgan fingerprint density at radius 2 is 2.00 bits per heavy atom. The number of benzene rings is 2. The maximum atomic E-state index is 12.5. The number of thiazole rings is 1. The molecule has 0 aliphatic carbocycles. The van der Waals surface area contributed by atoms with Gasteiger partial charge in [-0.15, -0.1) is 11.8 Å². The number of nitrogens with zero attached hydrogens (tertiary/aromatic N) is 1. The molecule has 0 radical (unpaired) electrons. The topological polar surface area (TPSA) is 42.0 Å². The van der Waals surface area contributed by atoms with Crippen molar-refractivity contribution in [2.24, 2.45) is 0 Å². The summed E-state index contributed by atoms with van der Waals surface area (Å²) in [6.07, 6.45) is 1.97. The van der Waals surface area contributed by atoms with Crippen LogP contribution in [0.15, 0.2) is 41.3 Å². The Morgan fingerprint density at radius 3 is 2.77 bits per heavy atom. The van der Waals surface area contributed by atoms with E-state index in [1.54, 1.807) is 11.8 Å². The number of fused-ring (bicyclic) bond motifs is 1. The summed E-state index contributed by atoms with van der Waals surface area (Å²) in [4.78, 5) is 18.0. The fourth-order valence-corrected chi connectivity index (χ4v) is 3.93. The van der Waals surface area contributed by atoms with Crippen LogP contribution in [0.4, 0.5) is 5.13 Å². The van der Waals surface area contributed by atoms with Gasteiger partial charge < -0.3 is 0 Å². The zero-order chi connectivity index (χ0) is 15.7. The van der Waals surface area contributed by atoms with Crippen molar-refractivity contribution in [3.8, 4) is 0 Å². The van der Waals surface area contributed by atoms with Gasteiger partial charge in [0.2, 0.25) is 0 Å². The molecular weight excluding hydrogens is 312 g/mol. The van der Waals surface area contributed by atoms with Gasteiger partial charge in [0.1, 0.15) is 0 Å². The number of aryl methyl sites for hydroxylation is 2. The SMILES string of the molecule is CSc1ccccc1C(=O)Nc1nc2cc(C)cc(C)c2s1. The summed E-state index contributed by atoms with van der Waals surface area (Å²) in [5.74, 6) is -0.113. The molecule has 5 heteroatoms. The lowest BCUT2D eigenvalue weighted by Gasteiger charge is -2.05. The third-order valence-corrected chi connectivity index (χ3v) is 5.31. The Labute approximate surface area is 137 Å². The average molecular weight is 328 g/mol. The van der Waals surface area contributed by atoms with Gasteiger partial charge in [-0.2, -0.15) is 0 Å². The fourth-order valence-electron chi connectivity index (χ4n) is 2.43. The second-order valence-electron chi connectivity index (χ2n) is 5.10. The quantitative estimate of drug-likeness (QED) is 0.696. The molecule has 0 fully saturated rings. The summed E-state index contributed by atoms with van der Waals surface area (Å²) in [5, 5.41) is 3.57. The summed E-state index contributed by atoms with van der Waals surface area (Å²) < 4.78 is 1.12. The zero-order valence-corrected chi connectivity index (χ0v) is 14.3. The molecule has 112 valence electrons. The largest absolute Gasteiger partial charge is 0.298 e. The van der Waals surface area contributed by atoms with Crippen molar-refractivity contribution >= 4 is 44.4 Å². The van der Waals surface area contributed by atoms with Gasteiger partial charge in [-0.25, -0.2) is 4.98 Å². The highest BCUT2D eigenvalue weighted by Crippen LogP contribution is 2.30. The van der Waals surface area contributed by atoms with E-state index < -0.39 is 0 Å². The number of amides is 1. The number of carbonyl (C=O) groups is 1. The van der Waals surface area contributed by atoms with E-state index in [4.69, 9.17) is 0 Å². The predicted molar refractivity (Wildman–Crippen MR) is 95.3 cm³/mol. The van der Waals surface area contributed by atoms with Crippen molar-refractivity contribution in [1.82, 2.24) is 4.98 Å². The first kappa shape index (κ1) is 15.1. The zero-order valence-electron chi connectivity index (χ0n) is 12.6. The van der Waals surface area contributed by atoms with E-state index in [9.17, 15) is 4.79 Å². The molecule has 1 N–H and O–H groups in total. The number of thioether (sulfide) groups is 1. The first-order valence-electron chi connectivity index (χ1n) is 6.90. The number of hydrogen-bond acceptors (Lipinski definition) is 4. The van der Waals surface area contributed by atoms with Crippen LogP contribution in [0.1, 0.15) is 21.5 Å². The smallest absolute Gasteiger partial charge is 0.258 e. The molecule has 22 heavy (non-hydrogen) atoms. The molecule has 3 aromatic rings. The molecule has 0 aliphatic rings. The van der Waals surface area contributed by atoms with Crippen molar-refractivity contribution < 1.29 is 4.79 Å². The van der Waals surface area contributed by atoms with E-state index in [1.807, 2.05) is 36.6 Å². The van der Waals surface area contributed by atoms with E-state index in [-0.39, 0.29) is 5.91 Å². The van der Waals surface area contributed by atoms with E-state index in [0.717, 1.165) is 15.1 Å². The molecule has 0 aliphatic heterocycles. The third-order valence-electron chi connectivity index (χ3n) is 3.39. The van der Waals surface area contributed by atoms with Gasteiger partial charge in [0.05, 0.1) is 15.8 Å². The number of anilines is 1. The molecule has 1 aromatic heterocycles. The standard InChI is InChI=1S/C17H16N2OS2/c1-10-8-11(2)15-13(9-10)18-17(22-15)19-16(20)12-6-4-5-7-14(12)21-3/h4-9H,1-3H3,(H,18,19,20). The maximum absolute atomic E-state index is 12.5. The molecule has 0 spiro atoms. The lowest BCUT2D eigenvalue weighted by Crippen LogP contribution is -2.12. The molecule has 0 saturated heterocycles. The molecule has 2 aromatic carbocycles. The summed E-state index contributed by atoms with van der Waals surface area (Å²) >= 11 is 3.09. The van der Waals surface area contributed by atoms with Gasteiger partial charge in [-0.1, -0.05) is 29.5 Å². The molecule has 0 saturated carbocycles. The van der Waals surface area contributed by atoms with Crippen LogP contribution in [0.2, 0.25) is 0 Å². The van der Waals surface area contributed by atoms with Gasteiger partial charge in [0.25, 0.3) is 5.91 Å². The highest BCUT2D eigenvalue weighted by Gasteiger charge is 2.13. The maximum Gasteiger partial charge on any atom is 0.258 e. The number of rotatable bonds is 3. The number of carbonyl (C=O) groups excluding carboxylic acids is 1. The minimum atomic E-state index is -0.113. The molecule has 0 bridgehead atoms. The summed E-state index contributed by atoms with van der Waals surface area (Å²) in [5.41, 5.74) is 4.00.